The van der Waals surface area contributed by atoms with Crippen molar-refractivity contribution >= 4 is 17.4 Å². The molecule has 4 aliphatic rings. The number of aliphatic hydroxyl groups excluding tert-OH is 1. The van der Waals surface area contributed by atoms with Crippen molar-refractivity contribution in [2.45, 2.75) is 124 Å². The molecule has 33 heavy (non-hydrogen) atoms. The van der Waals surface area contributed by atoms with Crippen molar-refractivity contribution in [1.29, 1.82) is 0 Å². The van der Waals surface area contributed by atoms with Gasteiger partial charge in [0, 0.05) is 11.8 Å². The Balaban J connectivity index is 1.59. The average molecular weight is 477 g/mol. The molecule has 1 N–H and O–H groups in total. The van der Waals surface area contributed by atoms with Gasteiger partial charge in [-0.2, -0.15) is 0 Å². The van der Waals surface area contributed by atoms with Crippen molar-refractivity contribution in [3.8, 4) is 0 Å². The molecule has 0 aromatic rings. The van der Waals surface area contributed by atoms with E-state index in [1.807, 2.05) is 13.8 Å². The first-order valence-electron chi connectivity index (χ1n) is 13.7. The van der Waals surface area contributed by atoms with Crippen molar-refractivity contribution in [3.05, 3.63) is 11.6 Å². The Hall–Kier alpha value is -0.340. The summed E-state index contributed by atoms with van der Waals surface area (Å²) < 4.78 is 0. The lowest BCUT2D eigenvalue weighted by atomic mass is 9.41. The van der Waals surface area contributed by atoms with Gasteiger partial charge in [-0.3, -0.25) is 4.79 Å². The Labute approximate surface area is 208 Å². The monoisotopic (exact) mass is 476 g/mol. The molecular weight excluding hydrogens is 428 g/mol. The standard InChI is InChI=1S/C30H49ClO2/c1-19(9-12-25(33)27(4,5)31)20-13-17-30(8)22-10-11-23-26(2,3)24(32)15-16-28(23,6)21(22)14-18-29(20,30)7/h10,19-21,23,25,33H,9,11-18H2,1-8H3. The molecule has 8 unspecified atom stereocenters. The maximum atomic E-state index is 12.8. The van der Waals surface area contributed by atoms with Crippen molar-refractivity contribution in [2.75, 3.05) is 0 Å². The molecule has 188 valence electrons. The van der Waals surface area contributed by atoms with Crippen molar-refractivity contribution < 1.29 is 9.90 Å². The zero-order chi connectivity index (χ0) is 24.6. The van der Waals surface area contributed by atoms with Crippen LogP contribution < -0.4 is 0 Å². The van der Waals surface area contributed by atoms with Gasteiger partial charge < -0.3 is 5.11 Å². The molecule has 4 rings (SSSR count). The van der Waals surface area contributed by atoms with E-state index in [2.05, 4.69) is 47.6 Å². The van der Waals surface area contributed by atoms with Gasteiger partial charge >= 0.3 is 0 Å². The average Bonchev–Trinajstić information content (AvgIpc) is 3.00. The Morgan fingerprint density at radius 2 is 1.76 bits per heavy atom. The molecule has 0 aromatic carbocycles. The van der Waals surface area contributed by atoms with E-state index in [1.165, 1.54) is 25.7 Å². The molecule has 4 aliphatic carbocycles. The van der Waals surface area contributed by atoms with Gasteiger partial charge in [-0.25, -0.2) is 0 Å². The lowest BCUT2D eigenvalue weighted by Gasteiger charge is -2.63. The number of hydrogen-bond donors (Lipinski definition) is 1. The number of hydrogen-bond acceptors (Lipinski definition) is 2. The summed E-state index contributed by atoms with van der Waals surface area (Å²) in [6, 6.07) is 0. The second kappa shape index (κ2) is 8.09. The second-order valence-corrected chi connectivity index (χ2v) is 15.2. The summed E-state index contributed by atoms with van der Waals surface area (Å²) in [6.07, 6.45) is 12.0. The molecule has 0 radical (unpaired) electrons. The molecule has 0 bridgehead atoms. The summed E-state index contributed by atoms with van der Waals surface area (Å²) in [5, 5.41) is 10.5. The smallest absolute Gasteiger partial charge is 0.138 e. The third-order valence-corrected chi connectivity index (χ3v) is 12.3. The van der Waals surface area contributed by atoms with E-state index in [0.29, 0.717) is 34.9 Å². The van der Waals surface area contributed by atoms with Crippen LogP contribution in [0.2, 0.25) is 0 Å². The van der Waals surface area contributed by atoms with E-state index in [9.17, 15) is 9.90 Å². The highest BCUT2D eigenvalue weighted by Crippen LogP contribution is 2.73. The van der Waals surface area contributed by atoms with E-state index in [-0.39, 0.29) is 16.2 Å². The Kier molecular flexibility index (Phi) is 6.31. The van der Waals surface area contributed by atoms with Gasteiger partial charge in [0.1, 0.15) is 5.78 Å². The van der Waals surface area contributed by atoms with Crippen molar-refractivity contribution in [3.63, 3.8) is 0 Å². The van der Waals surface area contributed by atoms with Gasteiger partial charge in [0.15, 0.2) is 0 Å². The van der Waals surface area contributed by atoms with Crippen LogP contribution in [-0.4, -0.2) is 21.9 Å². The molecule has 0 saturated heterocycles. The highest BCUT2D eigenvalue weighted by atomic mass is 35.5. The molecular formula is C30H49ClO2. The number of halogens is 1. The van der Waals surface area contributed by atoms with Gasteiger partial charge in [-0.15, -0.1) is 11.6 Å². The normalized spacial score (nSPS) is 44.4. The number of carbonyl (C=O) groups is 1. The maximum absolute atomic E-state index is 12.8. The fourth-order valence-electron chi connectivity index (χ4n) is 9.43. The van der Waals surface area contributed by atoms with Gasteiger partial charge in [-0.05, 0) is 105 Å². The fourth-order valence-corrected chi connectivity index (χ4v) is 9.54. The van der Waals surface area contributed by atoms with Gasteiger partial charge in [0.05, 0.1) is 11.0 Å². The van der Waals surface area contributed by atoms with Crippen LogP contribution in [0.15, 0.2) is 11.6 Å². The van der Waals surface area contributed by atoms with E-state index >= 15 is 0 Å². The Morgan fingerprint density at radius 1 is 1.09 bits per heavy atom. The predicted octanol–water partition coefficient (Wildman–Crippen LogP) is 7.96. The van der Waals surface area contributed by atoms with Crippen molar-refractivity contribution in [1.82, 2.24) is 0 Å². The molecule has 0 heterocycles. The maximum Gasteiger partial charge on any atom is 0.138 e. The summed E-state index contributed by atoms with van der Waals surface area (Å²) in [6.45, 7) is 18.4. The van der Waals surface area contributed by atoms with Crippen LogP contribution in [-0.2, 0) is 4.79 Å². The van der Waals surface area contributed by atoms with E-state index < -0.39 is 11.0 Å². The van der Waals surface area contributed by atoms with Gasteiger partial charge in [0.2, 0.25) is 0 Å². The number of fused-ring (bicyclic) bond motifs is 5. The zero-order valence-electron chi connectivity index (χ0n) is 22.6. The highest BCUT2D eigenvalue weighted by molar-refractivity contribution is 6.23. The lowest BCUT2D eigenvalue weighted by molar-refractivity contribution is -0.146. The van der Waals surface area contributed by atoms with Crippen LogP contribution in [0.5, 0.6) is 0 Å². The highest BCUT2D eigenvalue weighted by Gasteiger charge is 2.65. The van der Waals surface area contributed by atoms with Crippen LogP contribution in [0.3, 0.4) is 0 Å². The molecule has 3 heteroatoms. The SMILES string of the molecule is CC(CCC(O)C(C)(C)Cl)C1CCC2(C)C3=CCC4C(C)(C)C(=O)CCC4(C)C3CCC12C. The Morgan fingerprint density at radius 3 is 2.39 bits per heavy atom. The zero-order valence-corrected chi connectivity index (χ0v) is 23.3. The third kappa shape index (κ3) is 3.71. The fraction of sp³-hybridized carbons (Fsp3) is 0.900. The molecule has 0 aromatic heterocycles. The first kappa shape index (κ1) is 25.7. The molecule has 8 atom stereocenters. The lowest BCUT2D eigenvalue weighted by Crippen LogP contribution is -2.57. The summed E-state index contributed by atoms with van der Waals surface area (Å²) in [5.74, 6) is 2.88. The quantitative estimate of drug-likeness (QED) is 0.322. The summed E-state index contributed by atoms with van der Waals surface area (Å²) in [4.78, 5) is 12.3. The van der Waals surface area contributed by atoms with Crippen LogP contribution in [0, 0.1) is 45.3 Å². The topological polar surface area (TPSA) is 37.3 Å². The second-order valence-electron chi connectivity index (χ2n) is 14.2. The van der Waals surface area contributed by atoms with Crippen LogP contribution in [0.25, 0.3) is 0 Å². The first-order valence-corrected chi connectivity index (χ1v) is 14.1. The van der Waals surface area contributed by atoms with Crippen LogP contribution in [0.1, 0.15) is 113 Å². The largest absolute Gasteiger partial charge is 0.391 e. The number of rotatable bonds is 5. The molecule has 0 aliphatic heterocycles. The third-order valence-electron chi connectivity index (χ3n) is 12.0. The summed E-state index contributed by atoms with van der Waals surface area (Å²) >= 11 is 6.38. The van der Waals surface area contributed by atoms with E-state index in [1.54, 1.807) is 5.57 Å². The van der Waals surface area contributed by atoms with Crippen LogP contribution in [0.4, 0.5) is 0 Å². The molecule has 3 saturated carbocycles. The van der Waals surface area contributed by atoms with Crippen molar-refractivity contribution in [2.24, 2.45) is 45.3 Å². The van der Waals surface area contributed by atoms with Crippen LogP contribution >= 0.6 is 11.6 Å². The minimum Gasteiger partial charge on any atom is -0.391 e. The Bertz CT molecular complexity index is 822. The van der Waals surface area contributed by atoms with Gasteiger partial charge in [-0.1, -0.05) is 53.2 Å². The summed E-state index contributed by atoms with van der Waals surface area (Å²) in [5.41, 5.74) is 2.39. The van der Waals surface area contributed by atoms with Gasteiger partial charge in [0.25, 0.3) is 0 Å². The molecule has 0 spiro atoms. The number of Topliss-reactive ketones (excluding diaryl/α,β-unsaturated/α-hetero) is 1. The molecule has 3 fully saturated rings. The number of carbonyl (C=O) groups excluding carboxylic acids is 1. The minimum atomic E-state index is -0.556. The molecule has 2 nitrogen and oxygen atoms in total. The number of allylic oxidation sites excluding steroid dienone is 2. The minimum absolute atomic E-state index is 0.194. The number of alkyl halides is 1. The molecule has 0 amide bonds. The number of aliphatic hydroxyl groups is 1. The van der Waals surface area contributed by atoms with E-state index in [0.717, 1.165) is 32.1 Å². The first-order chi connectivity index (χ1) is 15.1. The summed E-state index contributed by atoms with van der Waals surface area (Å²) in [7, 11) is 0. The van der Waals surface area contributed by atoms with E-state index in [4.69, 9.17) is 11.6 Å². The predicted molar refractivity (Wildman–Crippen MR) is 138 cm³/mol. The number of ketones is 1.